The second-order valence-electron chi connectivity index (χ2n) is 13.8. The number of anilines is 2. The molecule has 11 nitrogen and oxygen atoms in total. The van der Waals surface area contributed by atoms with Crippen molar-refractivity contribution in [2.45, 2.75) is 38.3 Å². The number of halogens is 2. The summed E-state index contributed by atoms with van der Waals surface area (Å²) in [6.07, 6.45) is 7.84. The molecule has 5 heterocycles. The number of aromatic nitrogens is 1. The molecule has 3 aromatic rings. The summed E-state index contributed by atoms with van der Waals surface area (Å²) in [5, 5.41) is 6.95. The Labute approximate surface area is 294 Å². The summed E-state index contributed by atoms with van der Waals surface area (Å²) < 4.78 is 28.1. The molecule has 1 saturated carbocycles. The van der Waals surface area contributed by atoms with E-state index in [0.717, 1.165) is 49.9 Å². The Hall–Kier alpha value is -5.11. The van der Waals surface area contributed by atoms with E-state index in [-0.39, 0.29) is 47.4 Å². The fourth-order valence-electron chi connectivity index (χ4n) is 7.86. The number of hydrogen-bond donors (Lipinski definition) is 3. The van der Waals surface area contributed by atoms with Gasteiger partial charge < -0.3 is 10.6 Å². The van der Waals surface area contributed by atoms with E-state index in [2.05, 4.69) is 49.8 Å². The lowest BCUT2D eigenvalue weighted by Crippen LogP contribution is -3.11. The van der Waals surface area contributed by atoms with E-state index in [0.29, 0.717) is 47.2 Å². The molecule has 4 aliphatic heterocycles. The number of nitrogens with zero attached hydrogens (tertiary/aromatic N) is 5. The molecular weight excluding hydrogens is 654 g/mol. The van der Waals surface area contributed by atoms with Crippen LogP contribution in [0.5, 0.6) is 0 Å². The molecule has 51 heavy (non-hydrogen) atoms. The monoisotopic (exact) mass is 693 g/mol. The maximum Gasteiger partial charge on any atom is 0.275 e. The van der Waals surface area contributed by atoms with Crippen LogP contribution in [0.4, 0.5) is 20.2 Å². The van der Waals surface area contributed by atoms with Crippen LogP contribution in [0.15, 0.2) is 90.0 Å². The number of hydrogen-bond acceptors (Lipinski definition) is 8. The van der Waals surface area contributed by atoms with Crippen LogP contribution < -0.4 is 20.4 Å². The molecule has 262 valence electrons. The van der Waals surface area contributed by atoms with E-state index in [1.165, 1.54) is 28.9 Å². The van der Waals surface area contributed by atoms with Gasteiger partial charge in [0.05, 0.1) is 11.9 Å². The summed E-state index contributed by atoms with van der Waals surface area (Å²) in [6.45, 7) is 4.95. The fraction of sp³-hybridized carbons (Fsp3) is 0.342. The van der Waals surface area contributed by atoms with Crippen molar-refractivity contribution < 1.29 is 28.2 Å². The van der Waals surface area contributed by atoms with E-state index in [9.17, 15) is 23.3 Å². The van der Waals surface area contributed by atoms with E-state index >= 15 is 0 Å². The first kappa shape index (κ1) is 33.1. The van der Waals surface area contributed by atoms with Crippen LogP contribution in [0.2, 0.25) is 0 Å². The van der Waals surface area contributed by atoms with Gasteiger partial charge in [0.15, 0.2) is 18.1 Å². The van der Waals surface area contributed by atoms with Gasteiger partial charge in [-0.1, -0.05) is 40.9 Å². The van der Waals surface area contributed by atoms with Crippen molar-refractivity contribution >= 4 is 34.8 Å². The molecule has 2 aromatic carbocycles. The quantitative estimate of drug-likeness (QED) is 0.198. The van der Waals surface area contributed by atoms with Gasteiger partial charge in [-0.2, -0.15) is 14.5 Å². The Kier molecular flexibility index (Phi) is 9.01. The van der Waals surface area contributed by atoms with Crippen LogP contribution in [0.3, 0.4) is 0 Å². The number of amides is 2. The molecule has 3 N–H and O–H groups in total. The normalized spacial score (nSPS) is 24.9. The number of benzene rings is 2. The summed E-state index contributed by atoms with van der Waals surface area (Å²) in [6, 6.07) is 17.0. The van der Waals surface area contributed by atoms with E-state index in [1.54, 1.807) is 6.20 Å². The third-order valence-corrected chi connectivity index (χ3v) is 10.5. The van der Waals surface area contributed by atoms with Crippen molar-refractivity contribution in [3.8, 4) is 11.1 Å². The number of carbonyl (C=O) groups is 3. The first-order chi connectivity index (χ1) is 24.8. The lowest BCUT2D eigenvalue weighted by atomic mass is 9.73. The summed E-state index contributed by atoms with van der Waals surface area (Å²) in [5.74, 6) is -2.60. The molecule has 1 saturated heterocycles. The second-order valence-corrected chi connectivity index (χ2v) is 13.8. The molecule has 0 spiro atoms. The van der Waals surface area contributed by atoms with Gasteiger partial charge in [0.1, 0.15) is 12.1 Å². The van der Waals surface area contributed by atoms with E-state index in [4.69, 9.17) is 0 Å². The van der Waals surface area contributed by atoms with Gasteiger partial charge in [0.2, 0.25) is 17.7 Å². The molecule has 13 heteroatoms. The van der Waals surface area contributed by atoms with Gasteiger partial charge in [-0.25, -0.2) is 9.88 Å². The molecule has 2 atom stereocenters. The number of amidine groups is 1. The number of pyridine rings is 1. The number of fused-ring (bicyclic) bond motifs is 2. The van der Waals surface area contributed by atoms with Crippen LogP contribution in [-0.2, 0) is 16.1 Å². The molecule has 2 fully saturated rings. The summed E-state index contributed by atoms with van der Waals surface area (Å²) >= 11 is 0. The molecule has 5 aliphatic rings. The van der Waals surface area contributed by atoms with Crippen molar-refractivity contribution in [2.75, 3.05) is 37.7 Å². The first-order valence-corrected chi connectivity index (χ1v) is 17.5. The number of carbonyl (C=O) groups excluding carboxylic acids is 3. The van der Waals surface area contributed by atoms with E-state index < -0.39 is 17.6 Å². The van der Waals surface area contributed by atoms with Crippen LogP contribution in [-0.4, -0.2) is 77.3 Å². The van der Waals surface area contributed by atoms with Crippen molar-refractivity contribution in [2.24, 2.45) is 16.8 Å². The summed E-state index contributed by atoms with van der Waals surface area (Å²) in [7, 11) is 0. The van der Waals surface area contributed by atoms with E-state index in [1.807, 2.05) is 24.3 Å². The second kappa shape index (κ2) is 13.9. The Morgan fingerprint density at radius 2 is 1.78 bits per heavy atom. The Bertz CT molecular complexity index is 1950. The number of quaternary nitrogens is 1. The van der Waals surface area contributed by atoms with Gasteiger partial charge >= 0.3 is 0 Å². The standard InChI is InChI=1S/C38H38F2N8O3/c39-33-19-30-32(20-42-33)48(29-3-1-2-27(18-29)25-6-4-24(5-7-25)21-45-16-13-41-14-17-45)38(51)35(36(30)49)26-8-10-28(11-9-26)43-37(50)31-22-46-23-47(40)15-12-34(46)44-31/h1-7,12,15,18-20,22,26,28,35,41H,8-11,13-14,16-17,21,23H2,(H,43,50)/p+1. The highest BCUT2D eigenvalue weighted by Crippen LogP contribution is 2.43. The fourth-order valence-corrected chi connectivity index (χ4v) is 7.86. The van der Waals surface area contributed by atoms with Gasteiger partial charge in [0, 0.05) is 68.4 Å². The molecule has 0 radical (unpaired) electrons. The lowest BCUT2D eigenvalue weighted by molar-refractivity contribution is -0.763. The zero-order valence-corrected chi connectivity index (χ0v) is 28.0. The van der Waals surface area contributed by atoms with Crippen molar-refractivity contribution in [3.05, 3.63) is 102 Å². The third kappa shape index (κ3) is 6.72. The summed E-state index contributed by atoms with van der Waals surface area (Å²) in [4.78, 5) is 54.1. The van der Waals surface area contributed by atoms with Gasteiger partial charge in [0.25, 0.3) is 5.91 Å². The highest BCUT2D eigenvalue weighted by molar-refractivity contribution is 6.24. The van der Waals surface area contributed by atoms with Crippen LogP contribution in [0.1, 0.15) is 41.6 Å². The number of nitrogens with one attached hydrogen (secondary N) is 3. The number of Topliss-reactive ketones (excluding diaryl/α,β-unsaturated/α-hetero) is 1. The van der Waals surface area contributed by atoms with Crippen LogP contribution >= 0.6 is 0 Å². The minimum absolute atomic E-state index is 0.0372. The van der Waals surface area contributed by atoms with Crippen molar-refractivity contribution in [1.82, 2.24) is 25.6 Å². The van der Waals surface area contributed by atoms with Gasteiger partial charge in [-0.15, -0.1) is 0 Å². The molecule has 0 bridgehead atoms. The predicted octanol–water partition coefficient (Wildman–Crippen LogP) is 3.25. The highest BCUT2D eigenvalue weighted by atomic mass is 19.2. The maximum atomic E-state index is 14.5. The average molecular weight is 694 g/mol. The highest BCUT2D eigenvalue weighted by Gasteiger charge is 2.46. The van der Waals surface area contributed by atoms with Crippen molar-refractivity contribution in [3.63, 3.8) is 0 Å². The van der Waals surface area contributed by atoms with Crippen LogP contribution in [0, 0.1) is 17.8 Å². The smallest absolute Gasteiger partial charge is 0.275 e. The minimum atomic E-state index is -0.997. The molecular formula is C38H39F2N8O3+. The minimum Gasteiger partial charge on any atom is -0.348 e. The molecule has 1 aromatic heterocycles. The molecule has 8 rings (SSSR count). The number of aliphatic imine (C=N–C) groups is 1. The zero-order valence-electron chi connectivity index (χ0n) is 28.0. The largest absolute Gasteiger partial charge is 0.348 e. The van der Waals surface area contributed by atoms with Gasteiger partial charge in [-0.3, -0.25) is 24.2 Å². The Morgan fingerprint density at radius 1 is 1.00 bits per heavy atom. The molecule has 2 unspecified atom stereocenters. The number of piperazine rings is 1. The first-order valence-electron chi connectivity index (χ1n) is 17.5. The van der Waals surface area contributed by atoms with Crippen molar-refractivity contribution in [1.29, 1.82) is 0 Å². The molecule has 2 amide bonds. The zero-order chi connectivity index (χ0) is 35.1. The Balaban J connectivity index is 0.984. The average Bonchev–Trinajstić information content (AvgIpc) is 3.57. The maximum absolute atomic E-state index is 14.5. The topological polar surface area (TPSA) is 115 Å². The summed E-state index contributed by atoms with van der Waals surface area (Å²) in [5.41, 5.74) is 4.35. The lowest BCUT2D eigenvalue weighted by Gasteiger charge is -2.39. The predicted molar refractivity (Wildman–Crippen MR) is 187 cm³/mol. The molecule has 1 aliphatic carbocycles. The van der Waals surface area contributed by atoms with Crippen LogP contribution in [0.25, 0.3) is 11.1 Å². The number of rotatable bonds is 7. The van der Waals surface area contributed by atoms with Gasteiger partial charge in [-0.05, 0) is 60.4 Å². The number of ketones is 1. The third-order valence-electron chi connectivity index (χ3n) is 10.5. The Morgan fingerprint density at radius 3 is 2.57 bits per heavy atom. The SMILES string of the molecule is O=C(NC1CCC(C2C(=O)c3cc(F)ncc3N(c3cccc(-c4ccc(CN5CCNCC5)cc4)c3)C2=O)CC1)C1=C[NH+]2CN(F)C=CC2=N1.